The number of Topliss-reactive ketones (excluding diaryl/α,β-unsaturated/α-hetero) is 1. The number of ketones is 1. The molecule has 0 aliphatic heterocycles. The monoisotopic (exact) mass is 291 g/mol. The van der Waals surface area contributed by atoms with E-state index < -0.39 is 0 Å². The van der Waals surface area contributed by atoms with E-state index in [-0.39, 0.29) is 23.7 Å². The van der Waals surface area contributed by atoms with Crippen molar-refractivity contribution in [2.75, 3.05) is 5.32 Å². The topological polar surface area (TPSA) is 55.4 Å². The van der Waals surface area contributed by atoms with Crippen LogP contribution >= 0.6 is 0 Å². The van der Waals surface area contributed by atoms with Gasteiger partial charge in [0.2, 0.25) is 5.91 Å². The Morgan fingerprint density at radius 1 is 1.19 bits per heavy atom. The number of amides is 1. The fourth-order valence-electron chi connectivity index (χ4n) is 2.10. The van der Waals surface area contributed by atoms with E-state index in [0.717, 1.165) is 12.8 Å². The number of anilines is 1. The predicted octanol–water partition coefficient (Wildman–Crippen LogP) is 4.05. The maximum Gasteiger partial charge on any atom is 0.227 e. The number of benzene rings is 1. The number of carbonyl (C=O) groups is 2. The van der Waals surface area contributed by atoms with Crippen LogP contribution in [-0.2, 0) is 4.79 Å². The lowest BCUT2D eigenvalue weighted by atomic mass is 10.0. The second-order valence-electron chi connectivity index (χ2n) is 5.44. The zero-order valence-electron chi connectivity index (χ0n) is 13.5. The van der Waals surface area contributed by atoms with Gasteiger partial charge in [0.15, 0.2) is 5.78 Å². The molecule has 0 saturated heterocycles. The van der Waals surface area contributed by atoms with E-state index in [0.29, 0.717) is 17.0 Å². The van der Waals surface area contributed by atoms with E-state index in [1.165, 1.54) is 6.92 Å². The van der Waals surface area contributed by atoms with Crippen molar-refractivity contribution in [1.29, 1.82) is 0 Å². The van der Waals surface area contributed by atoms with Gasteiger partial charge in [-0.2, -0.15) is 0 Å². The van der Waals surface area contributed by atoms with Gasteiger partial charge in [-0.25, -0.2) is 0 Å². The minimum absolute atomic E-state index is 0.00280. The molecule has 0 unspecified atom stereocenters. The molecule has 1 aromatic carbocycles. The van der Waals surface area contributed by atoms with Gasteiger partial charge >= 0.3 is 0 Å². The molecule has 21 heavy (non-hydrogen) atoms. The Labute approximate surface area is 126 Å². The molecule has 0 spiro atoms. The van der Waals surface area contributed by atoms with Gasteiger partial charge in [0.05, 0.1) is 11.8 Å². The molecule has 0 aromatic heterocycles. The van der Waals surface area contributed by atoms with Crippen LogP contribution in [0.25, 0.3) is 0 Å². The summed E-state index contributed by atoms with van der Waals surface area (Å²) >= 11 is 0. The van der Waals surface area contributed by atoms with E-state index in [9.17, 15) is 9.59 Å². The average Bonchev–Trinajstić information content (AvgIpc) is 2.41. The zero-order chi connectivity index (χ0) is 16.0. The Bertz CT molecular complexity index is 505. The summed E-state index contributed by atoms with van der Waals surface area (Å²) in [5, 5.41) is 2.90. The van der Waals surface area contributed by atoms with Crippen LogP contribution in [0.1, 0.15) is 57.8 Å². The number of hydrogen-bond acceptors (Lipinski definition) is 3. The summed E-state index contributed by atoms with van der Waals surface area (Å²) in [5.74, 6) is 0.491. The van der Waals surface area contributed by atoms with Gasteiger partial charge in [0.25, 0.3) is 0 Å². The van der Waals surface area contributed by atoms with Crippen molar-refractivity contribution >= 4 is 17.4 Å². The van der Waals surface area contributed by atoms with Crippen LogP contribution < -0.4 is 10.1 Å². The summed E-state index contributed by atoms with van der Waals surface area (Å²) < 4.78 is 5.70. The van der Waals surface area contributed by atoms with Gasteiger partial charge < -0.3 is 10.1 Å². The molecule has 0 radical (unpaired) electrons. The van der Waals surface area contributed by atoms with Crippen LogP contribution in [-0.4, -0.2) is 17.8 Å². The zero-order valence-corrected chi connectivity index (χ0v) is 13.5. The smallest absolute Gasteiger partial charge is 0.227 e. The van der Waals surface area contributed by atoms with Crippen LogP contribution in [0.3, 0.4) is 0 Å². The van der Waals surface area contributed by atoms with E-state index in [2.05, 4.69) is 5.32 Å². The lowest BCUT2D eigenvalue weighted by Gasteiger charge is -2.18. The minimum atomic E-state index is -0.0378. The molecule has 0 aliphatic rings. The first-order valence-electron chi connectivity index (χ1n) is 7.51. The lowest BCUT2D eigenvalue weighted by Crippen LogP contribution is -2.22. The Balaban J connectivity index is 3.07. The average molecular weight is 291 g/mol. The fourth-order valence-corrected chi connectivity index (χ4v) is 2.10. The largest absolute Gasteiger partial charge is 0.489 e. The molecule has 1 rings (SSSR count). The van der Waals surface area contributed by atoms with Crippen LogP contribution in [0.5, 0.6) is 5.75 Å². The fraction of sp³-hybridized carbons (Fsp3) is 0.529. The van der Waals surface area contributed by atoms with Gasteiger partial charge in [-0.1, -0.05) is 13.8 Å². The van der Waals surface area contributed by atoms with Crippen LogP contribution in [0.4, 0.5) is 5.69 Å². The highest BCUT2D eigenvalue weighted by Crippen LogP contribution is 2.28. The molecule has 0 atom stereocenters. The molecule has 4 nitrogen and oxygen atoms in total. The molecule has 1 N–H and O–H groups in total. The second kappa shape index (κ2) is 7.81. The highest BCUT2D eigenvalue weighted by atomic mass is 16.5. The summed E-state index contributed by atoms with van der Waals surface area (Å²) in [6, 6.07) is 5.13. The molecule has 4 heteroatoms. The van der Waals surface area contributed by atoms with Gasteiger partial charge in [0.1, 0.15) is 5.75 Å². The Kier molecular flexibility index (Phi) is 6.40. The normalized spacial score (nSPS) is 10.8. The number of hydrogen-bond donors (Lipinski definition) is 1. The highest BCUT2D eigenvalue weighted by molar-refractivity contribution is 5.98. The molecule has 1 aromatic rings. The highest BCUT2D eigenvalue weighted by Gasteiger charge is 2.17. The molecule has 0 heterocycles. The van der Waals surface area contributed by atoms with E-state index in [1.54, 1.807) is 18.2 Å². The molecular formula is C17H25NO3. The maximum atomic E-state index is 12.2. The molecular weight excluding hydrogens is 266 g/mol. The summed E-state index contributed by atoms with van der Waals surface area (Å²) in [6.07, 6.45) is 1.57. The van der Waals surface area contributed by atoms with E-state index in [4.69, 9.17) is 4.74 Å². The van der Waals surface area contributed by atoms with E-state index >= 15 is 0 Å². The number of carbonyl (C=O) groups excluding carboxylic acids is 2. The minimum Gasteiger partial charge on any atom is -0.489 e. The van der Waals surface area contributed by atoms with Gasteiger partial charge in [-0.15, -0.1) is 0 Å². The van der Waals surface area contributed by atoms with E-state index in [1.807, 2.05) is 27.7 Å². The van der Waals surface area contributed by atoms with Crippen molar-refractivity contribution in [3.63, 3.8) is 0 Å². The molecule has 0 fully saturated rings. The molecule has 0 saturated carbocycles. The summed E-state index contributed by atoms with van der Waals surface area (Å²) in [7, 11) is 0. The first-order chi connectivity index (χ1) is 9.88. The standard InChI is InChI=1S/C17H25NO3/c1-6-13(7-2)17(20)18-15-10-14(12(5)19)8-9-16(15)21-11(3)4/h8-11,13H,6-7H2,1-5H3,(H,18,20). The van der Waals surface area contributed by atoms with Crippen molar-refractivity contribution < 1.29 is 14.3 Å². The van der Waals surface area contributed by atoms with Crippen molar-refractivity contribution in [1.82, 2.24) is 0 Å². The Morgan fingerprint density at radius 2 is 1.81 bits per heavy atom. The van der Waals surface area contributed by atoms with Crippen LogP contribution in [0, 0.1) is 5.92 Å². The molecule has 0 aliphatic carbocycles. The van der Waals surface area contributed by atoms with Crippen molar-refractivity contribution in [2.24, 2.45) is 5.92 Å². The summed E-state index contributed by atoms with van der Waals surface area (Å²) in [5.41, 5.74) is 1.12. The Hall–Kier alpha value is -1.84. The predicted molar refractivity (Wildman–Crippen MR) is 84.9 cm³/mol. The Morgan fingerprint density at radius 3 is 2.29 bits per heavy atom. The SMILES string of the molecule is CCC(CC)C(=O)Nc1cc(C(C)=O)ccc1OC(C)C. The third kappa shape index (κ3) is 4.88. The number of nitrogens with one attached hydrogen (secondary N) is 1. The van der Waals surface area contributed by atoms with Gasteiger partial charge in [-0.05, 0) is 51.8 Å². The van der Waals surface area contributed by atoms with Crippen molar-refractivity contribution in [3.8, 4) is 5.75 Å². The number of ether oxygens (including phenoxy) is 1. The van der Waals surface area contributed by atoms with Crippen LogP contribution in [0.15, 0.2) is 18.2 Å². The first-order valence-corrected chi connectivity index (χ1v) is 7.51. The third-order valence-corrected chi connectivity index (χ3v) is 3.36. The van der Waals surface area contributed by atoms with Gasteiger partial charge in [-0.3, -0.25) is 9.59 Å². The van der Waals surface area contributed by atoms with Crippen molar-refractivity contribution in [3.05, 3.63) is 23.8 Å². The van der Waals surface area contributed by atoms with Crippen molar-refractivity contribution in [2.45, 2.75) is 53.6 Å². The number of rotatable bonds is 7. The summed E-state index contributed by atoms with van der Waals surface area (Å²) in [4.78, 5) is 23.8. The molecule has 1 amide bonds. The molecule has 116 valence electrons. The quantitative estimate of drug-likeness (QED) is 0.771. The lowest BCUT2D eigenvalue weighted by molar-refractivity contribution is -0.120. The van der Waals surface area contributed by atoms with Crippen LogP contribution in [0.2, 0.25) is 0 Å². The molecule has 0 bridgehead atoms. The van der Waals surface area contributed by atoms with Gasteiger partial charge in [0, 0.05) is 11.5 Å². The summed E-state index contributed by atoms with van der Waals surface area (Å²) in [6.45, 7) is 9.33. The second-order valence-corrected chi connectivity index (χ2v) is 5.44. The third-order valence-electron chi connectivity index (χ3n) is 3.36. The first kappa shape index (κ1) is 17.2. The maximum absolute atomic E-state index is 12.2.